The third-order valence-corrected chi connectivity index (χ3v) is 4.55. The lowest BCUT2D eigenvalue weighted by molar-refractivity contribution is -0.123. The Balaban J connectivity index is 1.97. The van der Waals surface area contributed by atoms with E-state index in [0.29, 0.717) is 31.2 Å². The maximum Gasteiger partial charge on any atom is 0.342 e. The zero-order valence-electron chi connectivity index (χ0n) is 13.6. The molecule has 24 heavy (non-hydrogen) atoms. The number of hydrogen-bond donors (Lipinski definition) is 2. The van der Waals surface area contributed by atoms with E-state index in [9.17, 15) is 19.8 Å². The van der Waals surface area contributed by atoms with Crippen molar-refractivity contribution in [1.29, 1.82) is 0 Å². The van der Waals surface area contributed by atoms with Gasteiger partial charge in [0.2, 0.25) is 0 Å². The number of cyclic esters (lactones) is 1. The van der Waals surface area contributed by atoms with Gasteiger partial charge in [0.25, 0.3) is 0 Å². The Bertz CT molecular complexity index is 640. The Labute approximate surface area is 140 Å². The smallest absolute Gasteiger partial charge is 0.342 e. The van der Waals surface area contributed by atoms with Crippen LogP contribution in [0, 0.1) is 0 Å². The third-order valence-electron chi connectivity index (χ3n) is 4.55. The highest BCUT2D eigenvalue weighted by molar-refractivity contribution is 5.94. The first-order chi connectivity index (χ1) is 11.4. The standard InChI is InChI=1S/C18H22O6/c1-10(19)5-13-9-15-8-12(20)7-14(23-15)6-11-3-2-4-16(21)17(11)18(22)24-13/h2-4,12-15,20-21H,5-9H2,1H3. The molecule has 2 aliphatic heterocycles. The van der Waals surface area contributed by atoms with Gasteiger partial charge in [0.1, 0.15) is 23.2 Å². The highest BCUT2D eigenvalue weighted by Crippen LogP contribution is 2.32. The number of phenols is 1. The van der Waals surface area contributed by atoms with Crippen LogP contribution in [0.15, 0.2) is 18.2 Å². The van der Waals surface area contributed by atoms with Gasteiger partial charge in [-0.2, -0.15) is 0 Å². The Morgan fingerprint density at radius 1 is 1.25 bits per heavy atom. The summed E-state index contributed by atoms with van der Waals surface area (Å²) in [7, 11) is 0. The van der Waals surface area contributed by atoms with E-state index >= 15 is 0 Å². The molecule has 0 saturated carbocycles. The summed E-state index contributed by atoms with van der Waals surface area (Å²) in [6.45, 7) is 1.44. The average molecular weight is 334 g/mol. The number of benzene rings is 1. The number of Topliss-reactive ketones (excluding diaryl/α,β-unsaturated/α-hetero) is 1. The maximum absolute atomic E-state index is 12.5. The molecule has 0 amide bonds. The van der Waals surface area contributed by atoms with E-state index in [1.54, 1.807) is 12.1 Å². The van der Waals surface area contributed by atoms with Crippen LogP contribution in [-0.4, -0.2) is 46.4 Å². The van der Waals surface area contributed by atoms with E-state index in [4.69, 9.17) is 9.47 Å². The Morgan fingerprint density at radius 3 is 2.75 bits per heavy atom. The number of rotatable bonds is 2. The van der Waals surface area contributed by atoms with Crippen molar-refractivity contribution in [3.05, 3.63) is 29.3 Å². The second kappa shape index (κ2) is 6.91. The minimum atomic E-state index is -0.628. The highest BCUT2D eigenvalue weighted by atomic mass is 16.5. The van der Waals surface area contributed by atoms with Crippen LogP contribution in [0.4, 0.5) is 0 Å². The van der Waals surface area contributed by atoms with E-state index in [1.807, 2.05) is 0 Å². The molecule has 1 saturated heterocycles. The van der Waals surface area contributed by atoms with Crippen LogP contribution < -0.4 is 0 Å². The summed E-state index contributed by atoms with van der Waals surface area (Å²) < 4.78 is 11.5. The van der Waals surface area contributed by atoms with Crippen LogP contribution in [0.3, 0.4) is 0 Å². The second-order valence-corrected chi connectivity index (χ2v) is 6.69. The first-order valence-corrected chi connectivity index (χ1v) is 8.27. The number of hydrogen-bond acceptors (Lipinski definition) is 6. The molecular weight excluding hydrogens is 312 g/mol. The predicted octanol–water partition coefficient (Wildman–Crippen LogP) is 1.75. The third kappa shape index (κ3) is 3.76. The summed E-state index contributed by atoms with van der Waals surface area (Å²) in [6.07, 6.45) is 0.228. The van der Waals surface area contributed by atoms with Crippen molar-refractivity contribution in [2.75, 3.05) is 0 Å². The molecule has 2 heterocycles. The van der Waals surface area contributed by atoms with E-state index in [2.05, 4.69) is 0 Å². The molecule has 0 aromatic heterocycles. The topological polar surface area (TPSA) is 93.1 Å². The van der Waals surface area contributed by atoms with Gasteiger partial charge in [0.05, 0.1) is 18.3 Å². The number of esters is 1. The molecule has 0 spiro atoms. The van der Waals surface area contributed by atoms with Crippen LogP contribution in [0.1, 0.15) is 48.5 Å². The molecule has 130 valence electrons. The van der Waals surface area contributed by atoms with Crippen molar-refractivity contribution in [3.63, 3.8) is 0 Å². The van der Waals surface area contributed by atoms with Gasteiger partial charge < -0.3 is 19.7 Å². The number of ketones is 1. The SMILES string of the molecule is CC(=O)CC1CC2CC(O)CC(Cc3cccc(O)c3C(=O)O1)O2. The average Bonchev–Trinajstić information content (AvgIpc) is 2.44. The Kier molecular flexibility index (Phi) is 4.87. The van der Waals surface area contributed by atoms with Crippen molar-refractivity contribution in [1.82, 2.24) is 0 Å². The molecule has 1 aromatic rings. The molecule has 1 aromatic carbocycles. The zero-order valence-corrected chi connectivity index (χ0v) is 13.6. The van der Waals surface area contributed by atoms with Gasteiger partial charge in [-0.3, -0.25) is 4.79 Å². The molecule has 2 bridgehead atoms. The van der Waals surface area contributed by atoms with E-state index in [1.165, 1.54) is 13.0 Å². The van der Waals surface area contributed by atoms with Gasteiger partial charge in [-0.1, -0.05) is 12.1 Å². The van der Waals surface area contributed by atoms with Gasteiger partial charge in [-0.15, -0.1) is 0 Å². The molecule has 2 aliphatic rings. The van der Waals surface area contributed by atoms with Crippen LogP contribution in [0.5, 0.6) is 5.75 Å². The lowest BCUT2D eigenvalue weighted by Crippen LogP contribution is -2.40. The molecule has 4 atom stereocenters. The number of aliphatic hydroxyl groups is 1. The van der Waals surface area contributed by atoms with Crippen LogP contribution in [-0.2, 0) is 20.7 Å². The molecule has 3 rings (SSSR count). The second-order valence-electron chi connectivity index (χ2n) is 6.69. The number of aliphatic hydroxyl groups excluding tert-OH is 1. The van der Waals surface area contributed by atoms with E-state index in [0.717, 1.165) is 0 Å². The predicted molar refractivity (Wildman–Crippen MR) is 84.8 cm³/mol. The molecular formula is C18H22O6. The fourth-order valence-corrected chi connectivity index (χ4v) is 3.60. The first kappa shape index (κ1) is 16.9. The number of fused-ring (bicyclic) bond motifs is 3. The molecule has 4 unspecified atom stereocenters. The van der Waals surface area contributed by atoms with Crippen LogP contribution in [0.2, 0.25) is 0 Å². The van der Waals surface area contributed by atoms with Gasteiger partial charge in [0, 0.05) is 12.8 Å². The highest BCUT2D eigenvalue weighted by Gasteiger charge is 2.34. The van der Waals surface area contributed by atoms with Crippen molar-refractivity contribution < 1.29 is 29.3 Å². The number of phenolic OH excluding ortho intramolecular Hbond substituents is 1. The largest absolute Gasteiger partial charge is 0.507 e. The minimum Gasteiger partial charge on any atom is -0.507 e. The minimum absolute atomic E-state index is 0.0877. The fraction of sp³-hybridized carbons (Fsp3) is 0.556. The van der Waals surface area contributed by atoms with Crippen molar-refractivity contribution in [3.8, 4) is 5.75 Å². The van der Waals surface area contributed by atoms with E-state index in [-0.39, 0.29) is 35.7 Å². The molecule has 6 nitrogen and oxygen atoms in total. The number of carbonyl (C=O) groups excluding carboxylic acids is 2. The van der Waals surface area contributed by atoms with E-state index < -0.39 is 18.2 Å². The molecule has 2 N–H and O–H groups in total. The van der Waals surface area contributed by atoms with Gasteiger partial charge >= 0.3 is 5.97 Å². The van der Waals surface area contributed by atoms with Crippen molar-refractivity contribution >= 4 is 11.8 Å². The summed E-state index contributed by atoms with van der Waals surface area (Å²) in [5.74, 6) is -0.849. The lowest BCUT2D eigenvalue weighted by atomic mass is 9.91. The normalized spacial score (nSPS) is 30.2. The Hall–Kier alpha value is -1.92. The summed E-state index contributed by atoms with van der Waals surface area (Å²) in [5, 5.41) is 20.2. The number of aromatic hydroxyl groups is 1. The van der Waals surface area contributed by atoms with Gasteiger partial charge in [-0.25, -0.2) is 4.79 Å². The summed E-state index contributed by atoms with van der Waals surface area (Å²) in [5.41, 5.74) is 0.745. The molecule has 0 aliphatic carbocycles. The first-order valence-electron chi connectivity index (χ1n) is 8.27. The fourth-order valence-electron chi connectivity index (χ4n) is 3.60. The Morgan fingerprint density at radius 2 is 2.00 bits per heavy atom. The van der Waals surface area contributed by atoms with Gasteiger partial charge in [0.15, 0.2) is 0 Å². The van der Waals surface area contributed by atoms with Crippen molar-refractivity contribution in [2.24, 2.45) is 0 Å². The summed E-state index contributed by atoms with van der Waals surface area (Å²) in [6, 6.07) is 4.85. The quantitative estimate of drug-likeness (QED) is 0.801. The molecule has 0 radical (unpaired) electrons. The van der Waals surface area contributed by atoms with Gasteiger partial charge in [-0.05, 0) is 37.8 Å². The number of carbonyl (C=O) groups is 2. The van der Waals surface area contributed by atoms with Crippen LogP contribution >= 0.6 is 0 Å². The number of ether oxygens (including phenoxy) is 2. The lowest BCUT2D eigenvalue weighted by Gasteiger charge is -2.36. The summed E-state index contributed by atoms with van der Waals surface area (Å²) in [4.78, 5) is 24.0. The van der Waals surface area contributed by atoms with Crippen molar-refractivity contribution in [2.45, 2.75) is 63.4 Å². The maximum atomic E-state index is 12.5. The molecule has 6 heteroatoms. The van der Waals surface area contributed by atoms with Crippen LogP contribution in [0.25, 0.3) is 0 Å². The summed E-state index contributed by atoms with van der Waals surface area (Å²) >= 11 is 0. The zero-order chi connectivity index (χ0) is 17.3. The molecule has 1 fully saturated rings. The monoisotopic (exact) mass is 334 g/mol.